The highest BCUT2D eigenvalue weighted by atomic mass is 35.5. The highest BCUT2D eigenvalue weighted by Gasteiger charge is 2.17. The van der Waals surface area contributed by atoms with Crippen molar-refractivity contribution in [1.82, 2.24) is 5.32 Å². The van der Waals surface area contributed by atoms with Gasteiger partial charge < -0.3 is 5.32 Å². The lowest BCUT2D eigenvalue weighted by Crippen LogP contribution is -2.22. The molecule has 1 aromatic rings. The lowest BCUT2D eigenvalue weighted by Gasteiger charge is -2.13. The second kappa shape index (κ2) is 6.25. The summed E-state index contributed by atoms with van der Waals surface area (Å²) in [5.41, 5.74) is 0.685. The monoisotopic (exact) mass is 301 g/mol. The van der Waals surface area contributed by atoms with Gasteiger partial charge in [-0.1, -0.05) is 30.5 Å². The fourth-order valence-corrected chi connectivity index (χ4v) is 3.93. The van der Waals surface area contributed by atoms with E-state index in [0.717, 1.165) is 12.5 Å². The molecule has 0 aliphatic heterocycles. The van der Waals surface area contributed by atoms with E-state index in [1.807, 2.05) is 0 Å². The van der Waals surface area contributed by atoms with Crippen LogP contribution in [0.4, 0.5) is 0 Å². The van der Waals surface area contributed by atoms with Crippen LogP contribution in [-0.2, 0) is 16.4 Å². The van der Waals surface area contributed by atoms with Crippen molar-refractivity contribution in [2.45, 2.75) is 37.1 Å². The van der Waals surface area contributed by atoms with Gasteiger partial charge in [0, 0.05) is 23.4 Å². The third kappa shape index (κ3) is 3.94. The molecule has 3 nitrogen and oxygen atoms in total. The van der Waals surface area contributed by atoms with Gasteiger partial charge in [0.05, 0.1) is 4.90 Å². The molecule has 5 heteroatoms. The SMILES string of the molecule is CS(=O)(=O)c1cccc(Cl)c1CNCC1CCCC1. The molecule has 106 valence electrons. The molecule has 0 spiro atoms. The quantitative estimate of drug-likeness (QED) is 0.909. The van der Waals surface area contributed by atoms with Crippen molar-refractivity contribution in [3.8, 4) is 0 Å². The van der Waals surface area contributed by atoms with Crippen LogP contribution >= 0.6 is 11.6 Å². The van der Waals surface area contributed by atoms with Crippen LogP contribution in [0.25, 0.3) is 0 Å². The molecule has 1 N–H and O–H groups in total. The molecule has 1 saturated carbocycles. The Balaban J connectivity index is 2.06. The maximum absolute atomic E-state index is 11.7. The summed E-state index contributed by atoms with van der Waals surface area (Å²) in [6.45, 7) is 1.45. The molecule has 0 radical (unpaired) electrons. The summed E-state index contributed by atoms with van der Waals surface area (Å²) >= 11 is 6.13. The van der Waals surface area contributed by atoms with Gasteiger partial charge in [-0.05, 0) is 37.4 Å². The van der Waals surface area contributed by atoms with E-state index in [-0.39, 0.29) is 0 Å². The van der Waals surface area contributed by atoms with Gasteiger partial charge in [0.2, 0.25) is 0 Å². The van der Waals surface area contributed by atoms with E-state index in [2.05, 4.69) is 5.32 Å². The van der Waals surface area contributed by atoms with Gasteiger partial charge in [-0.25, -0.2) is 8.42 Å². The molecular weight excluding hydrogens is 282 g/mol. The van der Waals surface area contributed by atoms with E-state index in [0.29, 0.717) is 22.0 Å². The predicted molar refractivity (Wildman–Crippen MR) is 78.2 cm³/mol. The first kappa shape index (κ1) is 14.8. The van der Waals surface area contributed by atoms with E-state index >= 15 is 0 Å². The molecule has 2 rings (SSSR count). The van der Waals surface area contributed by atoms with Crippen molar-refractivity contribution in [2.75, 3.05) is 12.8 Å². The molecule has 0 amide bonds. The molecule has 19 heavy (non-hydrogen) atoms. The molecule has 1 aromatic carbocycles. The second-order valence-electron chi connectivity index (χ2n) is 5.27. The summed E-state index contributed by atoms with van der Waals surface area (Å²) in [6, 6.07) is 5.04. The zero-order chi connectivity index (χ0) is 13.9. The first-order valence-corrected chi connectivity index (χ1v) is 8.93. The molecular formula is C14H20ClNO2S. The van der Waals surface area contributed by atoms with Crippen LogP contribution in [-0.4, -0.2) is 21.2 Å². The van der Waals surface area contributed by atoms with Gasteiger partial charge in [-0.15, -0.1) is 0 Å². The fourth-order valence-electron chi connectivity index (χ4n) is 2.67. The summed E-state index contributed by atoms with van der Waals surface area (Å²) in [4.78, 5) is 0.332. The van der Waals surface area contributed by atoms with Gasteiger partial charge in [0.25, 0.3) is 0 Å². The van der Waals surface area contributed by atoms with Gasteiger partial charge in [-0.2, -0.15) is 0 Å². The summed E-state index contributed by atoms with van der Waals surface area (Å²) < 4.78 is 23.5. The number of nitrogens with one attached hydrogen (secondary N) is 1. The van der Waals surface area contributed by atoms with Crippen molar-refractivity contribution in [3.05, 3.63) is 28.8 Å². The highest BCUT2D eigenvalue weighted by Crippen LogP contribution is 2.26. The standard InChI is InChI=1S/C14H20ClNO2S/c1-19(17,18)14-8-4-7-13(15)12(14)10-16-9-11-5-2-3-6-11/h4,7-8,11,16H,2-3,5-6,9-10H2,1H3. The number of hydrogen-bond acceptors (Lipinski definition) is 3. The first-order chi connectivity index (χ1) is 8.98. The molecule has 0 bridgehead atoms. The Labute approximate surface area is 120 Å². The summed E-state index contributed by atoms with van der Waals surface area (Å²) in [7, 11) is -3.23. The van der Waals surface area contributed by atoms with Gasteiger partial charge in [0.15, 0.2) is 9.84 Å². The van der Waals surface area contributed by atoms with Crippen molar-refractivity contribution >= 4 is 21.4 Å². The van der Waals surface area contributed by atoms with Crippen LogP contribution < -0.4 is 5.32 Å². The second-order valence-corrected chi connectivity index (χ2v) is 7.66. The van der Waals surface area contributed by atoms with Crippen LogP contribution in [0.15, 0.2) is 23.1 Å². The van der Waals surface area contributed by atoms with Gasteiger partial charge in [0.1, 0.15) is 0 Å². The summed E-state index contributed by atoms with van der Waals surface area (Å²) in [5, 5.41) is 3.86. The first-order valence-electron chi connectivity index (χ1n) is 6.66. The Morgan fingerprint density at radius 3 is 2.63 bits per heavy atom. The molecule has 1 aliphatic rings. The minimum atomic E-state index is -3.23. The van der Waals surface area contributed by atoms with E-state index in [4.69, 9.17) is 11.6 Å². The number of rotatable bonds is 5. The van der Waals surface area contributed by atoms with Crippen LogP contribution in [0.5, 0.6) is 0 Å². The zero-order valence-corrected chi connectivity index (χ0v) is 12.7. The van der Waals surface area contributed by atoms with E-state index < -0.39 is 9.84 Å². The van der Waals surface area contributed by atoms with Crippen molar-refractivity contribution in [1.29, 1.82) is 0 Å². The number of hydrogen-bond donors (Lipinski definition) is 1. The highest BCUT2D eigenvalue weighted by molar-refractivity contribution is 7.90. The molecule has 0 atom stereocenters. The van der Waals surface area contributed by atoms with Crippen molar-refractivity contribution in [3.63, 3.8) is 0 Å². The predicted octanol–water partition coefficient (Wildman–Crippen LogP) is 3.02. The van der Waals surface area contributed by atoms with E-state index in [1.165, 1.54) is 31.9 Å². The molecule has 1 fully saturated rings. The average molecular weight is 302 g/mol. The number of halogens is 1. The molecule has 1 aliphatic carbocycles. The van der Waals surface area contributed by atoms with Crippen molar-refractivity contribution < 1.29 is 8.42 Å². The minimum Gasteiger partial charge on any atom is -0.312 e. The Morgan fingerprint density at radius 2 is 2.00 bits per heavy atom. The average Bonchev–Trinajstić information content (AvgIpc) is 2.82. The normalized spacial score (nSPS) is 16.9. The maximum atomic E-state index is 11.7. The van der Waals surface area contributed by atoms with Crippen LogP contribution in [0, 0.1) is 5.92 Å². The third-order valence-corrected chi connectivity index (χ3v) is 5.22. The van der Waals surface area contributed by atoms with Crippen LogP contribution in [0.2, 0.25) is 5.02 Å². The van der Waals surface area contributed by atoms with Gasteiger partial charge >= 0.3 is 0 Å². The minimum absolute atomic E-state index is 0.332. The zero-order valence-electron chi connectivity index (χ0n) is 11.2. The van der Waals surface area contributed by atoms with Gasteiger partial charge in [-0.3, -0.25) is 0 Å². The molecule has 0 aromatic heterocycles. The van der Waals surface area contributed by atoms with Crippen molar-refractivity contribution in [2.24, 2.45) is 5.92 Å². The molecule has 0 heterocycles. The number of sulfone groups is 1. The summed E-state index contributed by atoms with van der Waals surface area (Å²) in [6.07, 6.45) is 6.39. The lowest BCUT2D eigenvalue weighted by molar-refractivity contribution is 0.487. The van der Waals surface area contributed by atoms with E-state index in [9.17, 15) is 8.42 Å². The topological polar surface area (TPSA) is 46.2 Å². The lowest BCUT2D eigenvalue weighted by atomic mass is 10.1. The smallest absolute Gasteiger partial charge is 0.175 e. The fraction of sp³-hybridized carbons (Fsp3) is 0.571. The Bertz CT molecular complexity index is 536. The number of benzene rings is 1. The van der Waals surface area contributed by atoms with E-state index in [1.54, 1.807) is 18.2 Å². The largest absolute Gasteiger partial charge is 0.312 e. The summed E-state index contributed by atoms with van der Waals surface area (Å²) in [5.74, 6) is 0.726. The third-order valence-electron chi connectivity index (χ3n) is 3.68. The van der Waals surface area contributed by atoms with Crippen LogP contribution in [0.1, 0.15) is 31.2 Å². The Hall–Kier alpha value is -0.580. The van der Waals surface area contributed by atoms with Crippen LogP contribution in [0.3, 0.4) is 0 Å². The molecule has 0 unspecified atom stereocenters. The molecule has 0 saturated heterocycles. The maximum Gasteiger partial charge on any atom is 0.175 e. The Kier molecular flexibility index (Phi) is 4.87. The Morgan fingerprint density at radius 1 is 1.32 bits per heavy atom.